The van der Waals surface area contributed by atoms with Crippen LogP contribution in [0, 0.1) is 9.39 Å². The van der Waals surface area contributed by atoms with E-state index in [0.717, 1.165) is 23.1 Å². The van der Waals surface area contributed by atoms with Crippen molar-refractivity contribution in [3.8, 4) is 0 Å². The second-order valence-corrected chi connectivity index (χ2v) is 4.43. The molecule has 0 N–H and O–H groups in total. The Morgan fingerprint density at radius 1 is 1.43 bits per heavy atom. The van der Waals surface area contributed by atoms with Crippen molar-refractivity contribution >= 4 is 28.5 Å². The zero-order valence-electron chi connectivity index (χ0n) is 7.46. The van der Waals surface area contributed by atoms with Gasteiger partial charge in [0.05, 0.1) is 5.56 Å². The summed E-state index contributed by atoms with van der Waals surface area (Å²) in [5.74, 6) is -0.408. The first-order chi connectivity index (χ1) is 6.68. The molecule has 1 aromatic rings. The Labute approximate surface area is 95.2 Å². The van der Waals surface area contributed by atoms with E-state index < -0.39 is 0 Å². The van der Waals surface area contributed by atoms with E-state index in [-0.39, 0.29) is 11.7 Å². The third-order valence-electron chi connectivity index (χ3n) is 2.30. The van der Waals surface area contributed by atoms with Gasteiger partial charge in [-0.05, 0) is 47.2 Å². The highest BCUT2D eigenvalue weighted by atomic mass is 127. The fourth-order valence-electron chi connectivity index (χ4n) is 1.35. The van der Waals surface area contributed by atoms with Gasteiger partial charge in [0.2, 0.25) is 0 Å². The lowest BCUT2D eigenvalue weighted by molar-refractivity contribution is 0.0650. The van der Waals surface area contributed by atoms with Gasteiger partial charge in [-0.2, -0.15) is 0 Å². The van der Waals surface area contributed by atoms with Gasteiger partial charge in [-0.1, -0.05) is 0 Å². The molecule has 0 atom stereocenters. The van der Waals surface area contributed by atoms with E-state index in [0.29, 0.717) is 5.56 Å². The highest BCUT2D eigenvalue weighted by molar-refractivity contribution is 14.1. The third kappa shape index (κ3) is 1.75. The lowest BCUT2D eigenvalue weighted by Gasteiger charge is -2.31. The molecular formula is C10H9FINO. The van der Waals surface area contributed by atoms with Gasteiger partial charge in [0.1, 0.15) is 5.82 Å². The van der Waals surface area contributed by atoms with E-state index in [9.17, 15) is 9.18 Å². The smallest absolute Gasteiger partial charge is 0.255 e. The summed E-state index contributed by atoms with van der Waals surface area (Å²) in [5.41, 5.74) is 0.477. The Morgan fingerprint density at radius 2 is 2.14 bits per heavy atom. The fourth-order valence-corrected chi connectivity index (χ4v) is 1.92. The molecule has 1 aliphatic rings. The minimum absolute atomic E-state index is 0.0554. The molecular weight excluding hydrogens is 296 g/mol. The van der Waals surface area contributed by atoms with Crippen molar-refractivity contribution in [3.63, 3.8) is 0 Å². The van der Waals surface area contributed by atoms with Gasteiger partial charge < -0.3 is 4.90 Å². The van der Waals surface area contributed by atoms with Crippen molar-refractivity contribution in [1.29, 1.82) is 0 Å². The number of likely N-dealkylation sites (tertiary alicyclic amines) is 1. The zero-order chi connectivity index (χ0) is 10.1. The highest BCUT2D eigenvalue weighted by Gasteiger charge is 2.23. The molecule has 0 unspecified atom stereocenters. The van der Waals surface area contributed by atoms with E-state index in [1.807, 2.05) is 0 Å². The second-order valence-electron chi connectivity index (χ2n) is 3.27. The van der Waals surface area contributed by atoms with Crippen molar-refractivity contribution in [2.45, 2.75) is 6.42 Å². The summed E-state index contributed by atoms with van der Waals surface area (Å²) in [6.45, 7) is 1.59. The Kier molecular flexibility index (Phi) is 2.71. The number of nitrogens with zero attached hydrogens (tertiary/aromatic N) is 1. The van der Waals surface area contributed by atoms with Gasteiger partial charge in [0.15, 0.2) is 0 Å². The third-order valence-corrected chi connectivity index (χ3v) is 3.24. The molecule has 0 aromatic heterocycles. The molecule has 14 heavy (non-hydrogen) atoms. The molecule has 0 radical (unpaired) electrons. The van der Waals surface area contributed by atoms with Crippen LogP contribution in [0.5, 0.6) is 0 Å². The molecule has 74 valence electrons. The van der Waals surface area contributed by atoms with E-state index in [2.05, 4.69) is 22.6 Å². The maximum absolute atomic E-state index is 12.9. The maximum atomic E-state index is 12.9. The molecule has 1 fully saturated rings. The Balaban J connectivity index is 2.29. The highest BCUT2D eigenvalue weighted by Crippen LogP contribution is 2.18. The number of carbonyl (C=O) groups is 1. The number of rotatable bonds is 1. The van der Waals surface area contributed by atoms with Crippen molar-refractivity contribution in [2.75, 3.05) is 13.1 Å². The monoisotopic (exact) mass is 305 g/mol. The average Bonchev–Trinajstić information content (AvgIpc) is 2.06. The van der Waals surface area contributed by atoms with Gasteiger partial charge in [-0.15, -0.1) is 0 Å². The van der Waals surface area contributed by atoms with Crippen LogP contribution < -0.4 is 0 Å². The Bertz CT molecular complexity index is 376. The number of halogens is 2. The average molecular weight is 305 g/mol. The van der Waals surface area contributed by atoms with Crippen LogP contribution in [-0.4, -0.2) is 23.9 Å². The van der Waals surface area contributed by atoms with E-state index in [1.54, 1.807) is 11.0 Å². The van der Waals surface area contributed by atoms with Gasteiger partial charge in [0.25, 0.3) is 5.91 Å². The summed E-state index contributed by atoms with van der Waals surface area (Å²) in [6.07, 6.45) is 1.05. The molecule has 1 aliphatic heterocycles. The lowest BCUT2D eigenvalue weighted by atomic mass is 10.1. The standard InChI is InChI=1S/C10H9FINO/c11-7-2-3-9(12)8(6-7)10(14)13-4-1-5-13/h2-3,6H,1,4-5H2. The van der Waals surface area contributed by atoms with E-state index in [1.165, 1.54) is 12.1 Å². The van der Waals surface area contributed by atoms with Gasteiger partial charge in [-0.3, -0.25) is 4.79 Å². The molecule has 2 rings (SSSR count). The zero-order valence-corrected chi connectivity index (χ0v) is 9.62. The summed E-state index contributed by atoms with van der Waals surface area (Å²) in [7, 11) is 0. The number of carbonyl (C=O) groups excluding carboxylic acids is 1. The predicted molar refractivity (Wildman–Crippen MR) is 59.6 cm³/mol. The largest absolute Gasteiger partial charge is 0.338 e. The molecule has 0 bridgehead atoms. The van der Waals surface area contributed by atoms with E-state index in [4.69, 9.17) is 0 Å². The first kappa shape index (κ1) is 9.89. The number of amides is 1. The number of hydrogen-bond donors (Lipinski definition) is 0. The summed E-state index contributed by atoms with van der Waals surface area (Å²) in [5, 5.41) is 0. The van der Waals surface area contributed by atoms with Crippen LogP contribution in [0.3, 0.4) is 0 Å². The van der Waals surface area contributed by atoms with Crippen molar-refractivity contribution in [3.05, 3.63) is 33.1 Å². The molecule has 1 aromatic carbocycles. The molecule has 1 heterocycles. The SMILES string of the molecule is O=C(c1cc(F)ccc1I)N1CCC1. The van der Waals surface area contributed by atoms with E-state index >= 15 is 0 Å². The normalized spacial score (nSPS) is 15.1. The van der Waals surface area contributed by atoms with Crippen LogP contribution >= 0.6 is 22.6 Å². The number of benzene rings is 1. The lowest BCUT2D eigenvalue weighted by Crippen LogP contribution is -2.42. The van der Waals surface area contributed by atoms with Crippen LogP contribution in [0.15, 0.2) is 18.2 Å². The quantitative estimate of drug-likeness (QED) is 0.729. The minimum Gasteiger partial charge on any atom is -0.338 e. The second kappa shape index (κ2) is 3.84. The van der Waals surface area contributed by atoms with Gasteiger partial charge in [0, 0.05) is 16.7 Å². The topological polar surface area (TPSA) is 20.3 Å². The molecule has 1 amide bonds. The summed E-state index contributed by atoms with van der Waals surface area (Å²) >= 11 is 2.05. The first-order valence-corrected chi connectivity index (χ1v) is 5.50. The number of hydrogen-bond acceptors (Lipinski definition) is 1. The summed E-state index contributed by atoms with van der Waals surface area (Å²) < 4.78 is 13.7. The summed E-state index contributed by atoms with van der Waals surface area (Å²) in [6, 6.07) is 4.31. The fraction of sp³-hybridized carbons (Fsp3) is 0.300. The predicted octanol–water partition coefficient (Wildman–Crippen LogP) is 2.28. The molecule has 0 spiro atoms. The molecule has 0 aliphatic carbocycles. The maximum Gasteiger partial charge on any atom is 0.255 e. The van der Waals surface area contributed by atoms with Crippen molar-refractivity contribution in [1.82, 2.24) is 4.90 Å². The Hall–Kier alpha value is -0.650. The van der Waals surface area contributed by atoms with Gasteiger partial charge in [-0.25, -0.2) is 4.39 Å². The van der Waals surface area contributed by atoms with Crippen LogP contribution in [0.4, 0.5) is 4.39 Å². The first-order valence-electron chi connectivity index (χ1n) is 4.43. The van der Waals surface area contributed by atoms with Crippen LogP contribution in [-0.2, 0) is 0 Å². The molecule has 2 nitrogen and oxygen atoms in total. The van der Waals surface area contributed by atoms with Crippen LogP contribution in [0.25, 0.3) is 0 Å². The molecule has 1 saturated heterocycles. The molecule has 4 heteroatoms. The van der Waals surface area contributed by atoms with Crippen LogP contribution in [0.1, 0.15) is 16.8 Å². The van der Waals surface area contributed by atoms with Crippen molar-refractivity contribution in [2.24, 2.45) is 0 Å². The van der Waals surface area contributed by atoms with Crippen molar-refractivity contribution < 1.29 is 9.18 Å². The minimum atomic E-state index is -0.353. The summed E-state index contributed by atoms with van der Waals surface area (Å²) in [4.78, 5) is 13.5. The van der Waals surface area contributed by atoms with Gasteiger partial charge >= 0.3 is 0 Å². The molecule has 0 saturated carbocycles. The van der Waals surface area contributed by atoms with Crippen LogP contribution in [0.2, 0.25) is 0 Å². The Morgan fingerprint density at radius 3 is 2.71 bits per heavy atom.